The van der Waals surface area contributed by atoms with Crippen LogP contribution in [0.3, 0.4) is 0 Å². The molecule has 9 aromatic carbocycles. The minimum absolute atomic E-state index is 0.160. The first kappa shape index (κ1) is 38.3. The Bertz CT molecular complexity index is 3500. The highest BCUT2D eigenvalue weighted by Gasteiger charge is 2.36. The number of fused-ring (bicyclic) bond motifs is 6. The third kappa shape index (κ3) is 6.59. The molecule has 0 spiro atoms. The number of para-hydroxylation sites is 1. The third-order valence-corrected chi connectivity index (χ3v) is 12.9. The van der Waals surface area contributed by atoms with Gasteiger partial charge in [-0.2, -0.15) is 0 Å². The Balaban J connectivity index is 1.01. The van der Waals surface area contributed by atoms with E-state index >= 15 is 0 Å². The molecular formula is C60H42N4O. The van der Waals surface area contributed by atoms with Gasteiger partial charge in [0.05, 0.1) is 5.69 Å². The lowest BCUT2D eigenvalue weighted by molar-refractivity contribution is 0.660. The maximum Gasteiger partial charge on any atom is 0.164 e. The molecule has 2 aromatic heterocycles. The monoisotopic (exact) mass is 834 g/mol. The van der Waals surface area contributed by atoms with Gasteiger partial charge in [-0.1, -0.05) is 190 Å². The van der Waals surface area contributed by atoms with E-state index in [-0.39, 0.29) is 5.41 Å². The molecule has 65 heavy (non-hydrogen) atoms. The minimum Gasteiger partial charge on any atom is -0.454 e. The number of benzene rings is 9. The van der Waals surface area contributed by atoms with Crippen molar-refractivity contribution in [2.75, 3.05) is 4.90 Å². The number of rotatable bonds is 8. The lowest BCUT2D eigenvalue weighted by Gasteiger charge is -2.28. The van der Waals surface area contributed by atoms with Gasteiger partial charge in [0.25, 0.3) is 0 Å². The van der Waals surface area contributed by atoms with Crippen molar-refractivity contribution in [2.24, 2.45) is 0 Å². The van der Waals surface area contributed by atoms with E-state index in [4.69, 9.17) is 19.4 Å². The summed E-state index contributed by atoms with van der Waals surface area (Å²) >= 11 is 0. The second-order valence-electron chi connectivity index (χ2n) is 17.2. The highest BCUT2D eigenvalue weighted by molar-refractivity contribution is 6.16. The smallest absolute Gasteiger partial charge is 0.164 e. The van der Waals surface area contributed by atoms with Crippen LogP contribution >= 0.6 is 0 Å². The molecule has 0 atom stereocenters. The molecule has 2 heterocycles. The molecule has 308 valence electrons. The van der Waals surface area contributed by atoms with Crippen molar-refractivity contribution in [1.82, 2.24) is 15.0 Å². The van der Waals surface area contributed by atoms with Crippen molar-refractivity contribution in [2.45, 2.75) is 19.3 Å². The van der Waals surface area contributed by atoms with E-state index in [9.17, 15) is 0 Å². The normalized spacial score (nSPS) is 12.6. The first-order chi connectivity index (χ1) is 32.0. The second kappa shape index (κ2) is 15.4. The minimum atomic E-state index is -0.160. The molecule has 1 aliphatic carbocycles. The van der Waals surface area contributed by atoms with Crippen LogP contribution in [0.5, 0.6) is 0 Å². The van der Waals surface area contributed by atoms with Gasteiger partial charge in [0.1, 0.15) is 5.58 Å². The van der Waals surface area contributed by atoms with Gasteiger partial charge in [-0.05, 0) is 87.0 Å². The quantitative estimate of drug-likeness (QED) is 0.153. The van der Waals surface area contributed by atoms with Crippen LogP contribution in [0.1, 0.15) is 25.0 Å². The van der Waals surface area contributed by atoms with E-state index in [1.54, 1.807) is 0 Å². The Morgan fingerprint density at radius 3 is 1.62 bits per heavy atom. The lowest BCUT2D eigenvalue weighted by Crippen LogP contribution is -2.16. The van der Waals surface area contributed by atoms with Crippen LogP contribution in [0.25, 0.3) is 89.5 Å². The van der Waals surface area contributed by atoms with Gasteiger partial charge in [-0.15, -0.1) is 0 Å². The van der Waals surface area contributed by atoms with Crippen LogP contribution in [0.15, 0.2) is 223 Å². The summed E-state index contributed by atoms with van der Waals surface area (Å²) in [6.07, 6.45) is 0. The Kier molecular flexibility index (Phi) is 9.09. The molecular weight excluding hydrogens is 793 g/mol. The van der Waals surface area contributed by atoms with Crippen LogP contribution < -0.4 is 4.90 Å². The summed E-state index contributed by atoms with van der Waals surface area (Å²) in [6.45, 7) is 4.67. The van der Waals surface area contributed by atoms with Gasteiger partial charge < -0.3 is 9.32 Å². The molecule has 0 fully saturated rings. The first-order valence-electron chi connectivity index (χ1n) is 22.1. The fourth-order valence-corrected chi connectivity index (χ4v) is 9.71. The Morgan fingerprint density at radius 2 is 0.908 bits per heavy atom. The summed E-state index contributed by atoms with van der Waals surface area (Å²) in [4.78, 5) is 17.4. The van der Waals surface area contributed by atoms with Gasteiger partial charge in [-0.25, -0.2) is 15.0 Å². The fourth-order valence-electron chi connectivity index (χ4n) is 9.71. The van der Waals surface area contributed by atoms with Gasteiger partial charge in [0, 0.05) is 44.3 Å². The van der Waals surface area contributed by atoms with Crippen molar-refractivity contribution < 1.29 is 4.42 Å². The molecule has 5 heteroatoms. The average molecular weight is 835 g/mol. The van der Waals surface area contributed by atoms with Crippen molar-refractivity contribution in [1.29, 1.82) is 0 Å². The number of hydrogen-bond donors (Lipinski definition) is 0. The standard InChI is InChI=1S/C60H42N4O/c1-60(2)51-28-13-12-25-48(51)49-36-35-46(38-52(49)60)64(45-33-31-40(32-34-45)39-17-6-3-7-18-39)53-29-15-27-50-55-47(26-16-30-54(55)65-56(50)53)43-23-14-24-44(37-43)59-62-57(41-19-8-4-9-20-41)61-58(63-59)42-21-10-5-11-22-42/h3-38H,1-2H3. The zero-order chi connectivity index (χ0) is 43.5. The van der Waals surface area contributed by atoms with E-state index in [0.717, 1.165) is 66.8 Å². The molecule has 11 aromatic rings. The summed E-state index contributed by atoms with van der Waals surface area (Å²) in [5.74, 6) is 1.87. The number of anilines is 3. The van der Waals surface area contributed by atoms with Gasteiger partial charge in [-0.3, -0.25) is 0 Å². The molecule has 0 saturated heterocycles. The number of aromatic nitrogens is 3. The highest BCUT2D eigenvalue weighted by atomic mass is 16.3. The predicted octanol–water partition coefficient (Wildman–Crippen LogP) is 15.9. The van der Waals surface area contributed by atoms with Crippen LogP contribution in [-0.2, 0) is 5.41 Å². The zero-order valence-corrected chi connectivity index (χ0v) is 36.0. The summed E-state index contributed by atoms with van der Waals surface area (Å²) in [5.41, 5.74) is 17.0. The van der Waals surface area contributed by atoms with E-state index in [0.29, 0.717) is 17.5 Å². The number of furan rings is 1. The highest BCUT2D eigenvalue weighted by Crippen LogP contribution is 2.52. The SMILES string of the molecule is CC1(C)c2ccccc2-c2ccc(N(c3ccc(-c4ccccc4)cc3)c3cccc4c3oc3cccc(-c5cccc(-c6nc(-c7ccccc7)nc(-c7ccccc7)n6)c5)c34)cc21. The van der Waals surface area contributed by atoms with Crippen molar-refractivity contribution >= 4 is 39.0 Å². The van der Waals surface area contributed by atoms with Crippen LogP contribution in [0.4, 0.5) is 17.1 Å². The Hall–Kier alpha value is -8.41. The van der Waals surface area contributed by atoms with Gasteiger partial charge in [0.2, 0.25) is 0 Å². The van der Waals surface area contributed by atoms with E-state index < -0.39 is 0 Å². The zero-order valence-electron chi connectivity index (χ0n) is 36.0. The number of hydrogen-bond acceptors (Lipinski definition) is 5. The molecule has 5 nitrogen and oxygen atoms in total. The van der Waals surface area contributed by atoms with Crippen LogP contribution in [0.2, 0.25) is 0 Å². The molecule has 1 aliphatic rings. The molecule has 0 radical (unpaired) electrons. The maximum atomic E-state index is 7.02. The fraction of sp³-hybridized carbons (Fsp3) is 0.0500. The summed E-state index contributed by atoms with van der Waals surface area (Å²) in [6, 6.07) is 76.7. The summed E-state index contributed by atoms with van der Waals surface area (Å²) in [7, 11) is 0. The topological polar surface area (TPSA) is 55.1 Å². The van der Waals surface area contributed by atoms with Crippen molar-refractivity contribution in [3.63, 3.8) is 0 Å². The molecule has 0 bridgehead atoms. The summed E-state index contributed by atoms with van der Waals surface area (Å²) in [5, 5.41) is 2.09. The molecule has 0 unspecified atom stereocenters. The lowest BCUT2D eigenvalue weighted by atomic mass is 9.82. The van der Waals surface area contributed by atoms with Crippen molar-refractivity contribution in [3.8, 4) is 67.5 Å². The Morgan fingerprint density at radius 1 is 0.385 bits per heavy atom. The number of nitrogens with zero attached hydrogens (tertiary/aromatic N) is 4. The van der Waals surface area contributed by atoms with Crippen LogP contribution in [0, 0.1) is 0 Å². The first-order valence-corrected chi connectivity index (χ1v) is 22.1. The van der Waals surface area contributed by atoms with E-state index in [1.165, 1.54) is 33.4 Å². The molecule has 0 saturated carbocycles. The largest absolute Gasteiger partial charge is 0.454 e. The second-order valence-corrected chi connectivity index (χ2v) is 17.2. The maximum absolute atomic E-state index is 7.02. The van der Waals surface area contributed by atoms with Gasteiger partial charge in [0.15, 0.2) is 23.1 Å². The average Bonchev–Trinajstić information content (AvgIpc) is 3.87. The van der Waals surface area contributed by atoms with Crippen molar-refractivity contribution in [3.05, 3.63) is 230 Å². The molecule has 12 rings (SSSR count). The van der Waals surface area contributed by atoms with E-state index in [2.05, 4.69) is 176 Å². The molecule has 0 N–H and O–H groups in total. The van der Waals surface area contributed by atoms with E-state index in [1.807, 2.05) is 60.7 Å². The summed E-state index contributed by atoms with van der Waals surface area (Å²) < 4.78 is 7.02. The molecule has 0 aliphatic heterocycles. The predicted molar refractivity (Wildman–Crippen MR) is 267 cm³/mol. The van der Waals surface area contributed by atoms with Crippen LogP contribution in [-0.4, -0.2) is 15.0 Å². The van der Waals surface area contributed by atoms with Gasteiger partial charge >= 0.3 is 0 Å². The molecule has 0 amide bonds. The Labute approximate surface area is 378 Å². The third-order valence-electron chi connectivity index (χ3n) is 12.9.